The normalized spacial score (nSPS) is 41.5. The van der Waals surface area contributed by atoms with Gasteiger partial charge >= 0.3 is 0 Å². The zero-order valence-electron chi connectivity index (χ0n) is 11.8. The fraction of sp³-hybridized carbons (Fsp3) is 0.706. The van der Waals surface area contributed by atoms with E-state index in [4.69, 9.17) is 5.73 Å². The van der Waals surface area contributed by atoms with Crippen molar-refractivity contribution in [3.05, 3.63) is 29.6 Å². The van der Waals surface area contributed by atoms with E-state index in [1.54, 1.807) is 0 Å². The Morgan fingerprint density at radius 1 is 1.11 bits per heavy atom. The summed E-state index contributed by atoms with van der Waals surface area (Å²) in [7, 11) is 0. The van der Waals surface area contributed by atoms with Crippen LogP contribution < -0.4 is 5.73 Å². The molecule has 102 valence electrons. The highest BCUT2D eigenvalue weighted by molar-refractivity contribution is 5.22. The van der Waals surface area contributed by atoms with Crippen LogP contribution in [0.25, 0.3) is 0 Å². The molecular weight excluding hydrogens is 232 g/mol. The van der Waals surface area contributed by atoms with Crippen molar-refractivity contribution in [3.8, 4) is 0 Å². The van der Waals surface area contributed by atoms with Crippen molar-refractivity contribution < 1.29 is 0 Å². The lowest BCUT2D eigenvalue weighted by Crippen LogP contribution is -2.48. The molecule has 4 bridgehead atoms. The summed E-state index contributed by atoms with van der Waals surface area (Å²) in [6.45, 7) is 2.15. The molecule has 19 heavy (non-hydrogen) atoms. The number of nitrogens with zero attached hydrogens (tertiary/aromatic N) is 1. The van der Waals surface area contributed by atoms with E-state index in [1.807, 2.05) is 12.3 Å². The second kappa shape index (κ2) is 4.31. The van der Waals surface area contributed by atoms with Gasteiger partial charge in [0.15, 0.2) is 0 Å². The number of aryl methyl sites for hydroxylation is 1. The van der Waals surface area contributed by atoms with E-state index < -0.39 is 0 Å². The second-order valence-corrected chi connectivity index (χ2v) is 7.24. The summed E-state index contributed by atoms with van der Waals surface area (Å²) < 4.78 is 0. The van der Waals surface area contributed by atoms with E-state index in [-0.39, 0.29) is 6.04 Å². The number of hydrogen-bond donors (Lipinski definition) is 1. The highest BCUT2D eigenvalue weighted by Gasteiger charge is 2.50. The van der Waals surface area contributed by atoms with Crippen molar-refractivity contribution in [1.82, 2.24) is 4.98 Å². The minimum atomic E-state index is 0.163. The van der Waals surface area contributed by atoms with Crippen molar-refractivity contribution in [2.24, 2.45) is 35.3 Å². The first-order chi connectivity index (χ1) is 9.22. The van der Waals surface area contributed by atoms with E-state index >= 15 is 0 Å². The van der Waals surface area contributed by atoms with Gasteiger partial charge in [0.2, 0.25) is 0 Å². The summed E-state index contributed by atoms with van der Waals surface area (Å²) in [6.07, 6.45) is 9.18. The molecule has 5 rings (SSSR count). The maximum absolute atomic E-state index is 6.66. The van der Waals surface area contributed by atoms with Gasteiger partial charge in [0.1, 0.15) is 0 Å². The highest BCUT2D eigenvalue weighted by Crippen LogP contribution is 2.58. The predicted molar refractivity (Wildman–Crippen MR) is 76.4 cm³/mol. The molecule has 1 aromatic heterocycles. The topological polar surface area (TPSA) is 38.9 Å². The van der Waals surface area contributed by atoms with Crippen LogP contribution in [0, 0.1) is 36.5 Å². The third-order valence-electron chi connectivity index (χ3n) is 6.08. The van der Waals surface area contributed by atoms with Gasteiger partial charge in [-0.25, -0.2) is 0 Å². The van der Waals surface area contributed by atoms with Crippen LogP contribution in [0.4, 0.5) is 0 Å². The van der Waals surface area contributed by atoms with E-state index in [9.17, 15) is 0 Å². The predicted octanol–water partition coefficient (Wildman–Crippen LogP) is 3.46. The van der Waals surface area contributed by atoms with Gasteiger partial charge in [-0.2, -0.15) is 0 Å². The molecule has 2 nitrogen and oxygen atoms in total. The lowest BCUT2D eigenvalue weighted by molar-refractivity contribution is -0.0477. The molecule has 4 aliphatic rings. The number of aromatic nitrogens is 1. The largest absolute Gasteiger partial charge is 0.322 e. The molecule has 1 aromatic rings. The Bertz CT molecular complexity index is 454. The average molecular weight is 256 g/mol. The van der Waals surface area contributed by atoms with E-state index in [1.165, 1.54) is 37.7 Å². The lowest BCUT2D eigenvalue weighted by atomic mass is 9.50. The van der Waals surface area contributed by atoms with E-state index in [2.05, 4.69) is 18.0 Å². The van der Waals surface area contributed by atoms with Crippen molar-refractivity contribution in [2.45, 2.75) is 45.1 Å². The van der Waals surface area contributed by atoms with Gasteiger partial charge in [-0.15, -0.1) is 0 Å². The maximum atomic E-state index is 6.66. The standard InChI is InChI=1S/C17H24N2/c1-10-3-2-4-19-17(10)16(18)15-13-6-11-5-12(8-13)9-14(15)7-11/h2-4,11-16H,5-9,18H2,1H3. The Hall–Kier alpha value is -0.890. The van der Waals surface area contributed by atoms with Gasteiger partial charge in [-0.05, 0) is 80.2 Å². The Kier molecular flexibility index (Phi) is 2.70. The van der Waals surface area contributed by atoms with Gasteiger partial charge in [0.05, 0.1) is 11.7 Å². The fourth-order valence-corrected chi connectivity index (χ4v) is 5.58. The van der Waals surface area contributed by atoms with Gasteiger partial charge < -0.3 is 5.73 Å². The Labute approximate surface area is 115 Å². The van der Waals surface area contributed by atoms with Crippen molar-refractivity contribution in [3.63, 3.8) is 0 Å². The molecule has 0 spiro atoms. The van der Waals surface area contributed by atoms with Crippen molar-refractivity contribution in [2.75, 3.05) is 0 Å². The zero-order chi connectivity index (χ0) is 13.0. The van der Waals surface area contributed by atoms with Crippen molar-refractivity contribution >= 4 is 0 Å². The van der Waals surface area contributed by atoms with Crippen LogP contribution in [0.2, 0.25) is 0 Å². The Morgan fingerprint density at radius 2 is 1.74 bits per heavy atom. The molecule has 2 heteroatoms. The van der Waals surface area contributed by atoms with Gasteiger partial charge in [-0.3, -0.25) is 4.98 Å². The summed E-state index contributed by atoms with van der Waals surface area (Å²) in [5.74, 6) is 4.51. The molecule has 4 aliphatic carbocycles. The molecule has 0 amide bonds. The second-order valence-electron chi connectivity index (χ2n) is 7.24. The Morgan fingerprint density at radius 3 is 2.32 bits per heavy atom. The van der Waals surface area contributed by atoms with E-state index in [0.717, 1.165) is 29.4 Å². The summed E-state index contributed by atoms with van der Waals surface area (Å²) >= 11 is 0. The molecule has 1 atom stereocenters. The lowest BCUT2D eigenvalue weighted by Gasteiger charge is -2.56. The molecule has 0 radical (unpaired) electrons. The van der Waals surface area contributed by atoms with Crippen LogP contribution in [0.3, 0.4) is 0 Å². The monoisotopic (exact) mass is 256 g/mol. The first kappa shape index (κ1) is 11.9. The van der Waals surface area contributed by atoms with Crippen LogP contribution in [0.15, 0.2) is 18.3 Å². The average Bonchev–Trinajstić information content (AvgIpc) is 2.37. The molecule has 1 heterocycles. The molecule has 4 saturated carbocycles. The van der Waals surface area contributed by atoms with Crippen LogP contribution in [-0.4, -0.2) is 4.98 Å². The third kappa shape index (κ3) is 1.84. The fourth-order valence-electron chi connectivity index (χ4n) is 5.58. The summed E-state index contributed by atoms with van der Waals surface area (Å²) in [6, 6.07) is 4.33. The van der Waals surface area contributed by atoms with Crippen molar-refractivity contribution in [1.29, 1.82) is 0 Å². The van der Waals surface area contributed by atoms with E-state index in [0.29, 0.717) is 5.92 Å². The number of hydrogen-bond acceptors (Lipinski definition) is 2. The Balaban J connectivity index is 1.64. The summed E-state index contributed by atoms with van der Waals surface area (Å²) in [5.41, 5.74) is 9.08. The van der Waals surface area contributed by atoms with Gasteiger partial charge in [0, 0.05) is 6.20 Å². The quantitative estimate of drug-likeness (QED) is 0.880. The number of rotatable bonds is 2. The zero-order valence-corrected chi connectivity index (χ0v) is 11.8. The first-order valence-electron chi connectivity index (χ1n) is 7.89. The highest BCUT2D eigenvalue weighted by atomic mass is 14.8. The molecule has 0 aromatic carbocycles. The number of pyridine rings is 1. The van der Waals surface area contributed by atoms with Gasteiger partial charge in [0.25, 0.3) is 0 Å². The van der Waals surface area contributed by atoms with Crippen LogP contribution in [-0.2, 0) is 0 Å². The maximum Gasteiger partial charge on any atom is 0.0603 e. The minimum Gasteiger partial charge on any atom is -0.322 e. The summed E-state index contributed by atoms with van der Waals surface area (Å²) in [5, 5.41) is 0. The molecule has 2 N–H and O–H groups in total. The van der Waals surface area contributed by atoms with Crippen LogP contribution in [0.1, 0.15) is 49.4 Å². The smallest absolute Gasteiger partial charge is 0.0603 e. The molecule has 4 fully saturated rings. The SMILES string of the molecule is Cc1cccnc1C(N)C1C2CC3CC(C2)CC1C3. The molecular formula is C17H24N2. The first-order valence-corrected chi connectivity index (χ1v) is 7.89. The molecule has 0 saturated heterocycles. The van der Waals surface area contributed by atoms with Gasteiger partial charge in [-0.1, -0.05) is 6.07 Å². The molecule has 1 unspecified atom stereocenters. The minimum absolute atomic E-state index is 0.163. The van der Waals surface area contributed by atoms with Crippen LogP contribution in [0.5, 0.6) is 0 Å². The number of nitrogens with two attached hydrogens (primary N) is 1. The van der Waals surface area contributed by atoms with Crippen LogP contribution >= 0.6 is 0 Å². The molecule has 0 aliphatic heterocycles. The third-order valence-corrected chi connectivity index (χ3v) is 6.08. The summed E-state index contributed by atoms with van der Waals surface area (Å²) in [4.78, 5) is 4.59.